The Labute approximate surface area is 146 Å². The minimum Gasteiger partial charge on any atom is -0.508 e. The Morgan fingerprint density at radius 1 is 1.08 bits per heavy atom. The topological polar surface area (TPSA) is 60.7 Å². The minimum atomic E-state index is 0.126. The molecular weight excluding hydrogens is 300 g/mol. The predicted octanol–water partition coefficient (Wildman–Crippen LogP) is 4.98. The van der Waals surface area contributed by atoms with E-state index in [2.05, 4.69) is 20.8 Å². The first-order chi connectivity index (χ1) is 11.5. The van der Waals surface area contributed by atoms with Gasteiger partial charge in [-0.05, 0) is 73.5 Å². The van der Waals surface area contributed by atoms with E-state index in [1.165, 1.54) is 6.42 Å². The number of hydrogen-bond acceptors (Lipinski definition) is 3. The normalized spacial score (nSPS) is 24.5. The molecule has 1 aliphatic rings. The van der Waals surface area contributed by atoms with Gasteiger partial charge in [-0.3, -0.25) is 0 Å². The number of benzene rings is 1. The van der Waals surface area contributed by atoms with Crippen LogP contribution in [0, 0.1) is 17.8 Å². The van der Waals surface area contributed by atoms with Gasteiger partial charge in [0.15, 0.2) is 0 Å². The highest BCUT2D eigenvalue weighted by Gasteiger charge is 2.36. The van der Waals surface area contributed by atoms with E-state index in [-0.39, 0.29) is 29.9 Å². The van der Waals surface area contributed by atoms with Gasteiger partial charge < -0.3 is 15.3 Å². The molecule has 1 fully saturated rings. The van der Waals surface area contributed by atoms with Crippen molar-refractivity contribution < 1.29 is 15.3 Å². The molecule has 1 unspecified atom stereocenters. The molecular formula is C21H34O3. The summed E-state index contributed by atoms with van der Waals surface area (Å²) in [4.78, 5) is 0. The summed E-state index contributed by atoms with van der Waals surface area (Å²) in [6.45, 7) is 6.79. The number of hydrogen-bond donors (Lipinski definition) is 3. The Morgan fingerprint density at radius 2 is 1.75 bits per heavy atom. The molecule has 24 heavy (non-hydrogen) atoms. The van der Waals surface area contributed by atoms with E-state index in [0.29, 0.717) is 17.4 Å². The van der Waals surface area contributed by atoms with Crippen LogP contribution in [0.1, 0.15) is 76.3 Å². The molecule has 3 N–H and O–H groups in total. The summed E-state index contributed by atoms with van der Waals surface area (Å²) >= 11 is 0. The molecule has 3 heteroatoms. The van der Waals surface area contributed by atoms with E-state index in [1.54, 1.807) is 0 Å². The Hall–Kier alpha value is -1.22. The zero-order valence-electron chi connectivity index (χ0n) is 15.5. The number of unbranched alkanes of at least 4 members (excludes halogenated alkanes) is 2. The second-order valence-electron chi connectivity index (χ2n) is 7.88. The summed E-state index contributed by atoms with van der Waals surface area (Å²) in [5.41, 5.74) is 1.71. The smallest absolute Gasteiger partial charge is 0.123 e. The maximum absolute atomic E-state index is 10.6. The van der Waals surface area contributed by atoms with Crippen molar-refractivity contribution in [3.8, 4) is 11.5 Å². The number of aromatic hydroxyl groups is 2. The fourth-order valence-corrected chi connectivity index (χ4v) is 4.36. The molecule has 0 saturated heterocycles. The van der Waals surface area contributed by atoms with Gasteiger partial charge in [0.2, 0.25) is 0 Å². The number of phenols is 2. The Bertz CT molecular complexity index is 501. The Morgan fingerprint density at radius 3 is 2.29 bits per heavy atom. The van der Waals surface area contributed by atoms with Crippen LogP contribution in [0.3, 0.4) is 0 Å². The molecule has 0 amide bonds. The highest BCUT2D eigenvalue weighted by atomic mass is 16.3. The van der Waals surface area contributed by atoms with Crippen molar-refractivity contribution >= 4 is 0 Å². The molecule has 0 aromatic heterocycles. The monoisotopic (exact) mass is 334 g/mol. The lowest BCUT2D eigenvalue weighted by molar-refractivity contribution is 0.128. The van der Waals surface area contributed by atoms with Gasteiger partial charge in [-0.25, -0.2) is 0 Å². The van der Waals surface area contributed by atoms with Gasteiger partial charge in [0.05, 0.1) is 0 Å². The molecule has 0 radical (unpaired) electrons. The van der Waals surface area contributed by atoms with Gasteiger partial charge in [0, 0.05) is 12.2 Å². The third-order valence-electron chi connectivity index (χ3n) is 5.76. The maximum Gasteiger partial charge on any atom is 0.123 e. The molecule has 3 atom stereocenters. The summed E-state index contributed by atoms with van der Waals surface area (Å²) in [7, 11) is 0. The third kappa shape index (κ3) is 4.44. The third-order valence-corrected chi connectivity index (χ3v) is 5.76. The molecule has 3 nitrogen and oxygen atoms in total. The number of phenolic OH excluding ortho intramolecular Hbond substituents is 2. The van der Waals surface area contributed by atoms with E-state index >= 15 is 0 Å². The van der Waals surface area contributed by atoms with Gasteiger partial charge in [-0.1, -0.05) is 33.6 Å². The molecule has 0 aliphatic heterocycles. The van der Waals surface area contributed by atoms with Crippen LogP contribution in [-0.2, 0) is 6.42 Å². The summed E-state index contributed by atoms with van der Waals surface area (Å²) in [5.74, 6) is 1.80. The molecule has 2 rings (SSSR count). The average molecular weight is 334 g/mol. The summed E-state index contributed by atoms with van der Waals surface area (Å²) in [6.07, 6.45) is 7.23. The zero-order chi connectivity index (χ0) is 17.7. The van der Waals surface area contributed by atoms with Crippen LogP contribution in [0.15, 0.2) is 12.1 Å². The Kier molecular flexibility index (Phi) is 6.97. The van der Waals surface area contributed by atoms with E-state index in [9.17, 15) is 15.3 Å². The van der Waals surface area contributed by atoms with E-state index in [4.69, 9.17) is 0 Å². The van der Waals surface area contributed by atoms with Crippen molar-refractivity contribution in [2.24, 2.45) is 17.8 Å². The van der Waals surface area contributed by atoms with Gasteiger partial charge in [0.1, 0.15) is 11.5 Å². The molecule has 1 saturated carbocycles. The highest BCUT2D eigenvalue weighted by Crippen LogP contribution is 2.49. The lowest BCUT2D eigenvalue weighted by Gasteiger charge is -2.38. The first-order valence-electron chi connectivity index (χ1n) is 9.63. The lowest BCUT2D eigenvalue weighted by atomic mass is 9.67. The van der Waals surface area contributed by atoms with Gasteiger partial charge in [-0.15, -0.1) is 0 Å². The predicted molar refractivity (Wildman–Crippen MR) is 98.5 cm³/mol. The van der Waals surface area contributed by atoms with E-state index < -0.39 is 0 Å². The van der Waals surface area contributed by atoms with Crippen LogP contribution in [0.25, 0.3) is 0 Å². The van der Waals surface area contributed by atoms with Gasteiger partial charge in [-0.2, -0.15) is 0 Å². The van der Waals surface area contributed by atoms with Crippen LogP contribution in [0.4, 0.5) is 0 Å². The van der Waals surface area contributed by atoms with Crippen molar-refractivity contribution in [1.82, 2.24) is 0 Å². The zero-order valence-corrected chi connectivity index (χ0v) is 15.5. The fourth-order valence-electron chi connectivity index (χ4n) is 4.36. The molecule has 1 aromatic carbocycles. The van der Waals surface area contributed by atoms with E-state index in [0.717, 1.165) is 44.1 Å². The summed E-state index contributed by atoms with van der Waals surface area (Å²) < 4.78 is 0. The molecule has 0 heterocycles. The maximum atomic E-state index is 10.6. The van der Waals surface area contributed by atoms with Gasteiger partial charge >= 0.3 is 0 Å². The quantitative estimate of drug-likeness (QED) is 0.616. The molecule has 0 bridgehead atoms. The largest absolute Gasteiger partial charge is 0.508 e. The van der Waals surface area contributed by atoms with E-state index in [1.807, 2.05) is 12.1 Å². The molecule has 1 aliphatic carbocycles. The minimum absolute atomic E-state index is 0.126. The number of aliphatic hydroxyl groups excluding tert-OH is 1. The molecule has 136 valence electrons. The standard InChI is InChI=1S/C21H34O3/c1-4-5-6-7-15-11-19(23)21(20(24)12-15)18-10-16(13-22)8-9-17(18)14(2)3/h11-12,14,16-18,22-24H,4-10,13H2,1-3H3/t16?,17-,18+/m0/s1. The second-order valence-corrected chi connectivity index (χ2v) is 7.88. The summed E-state index contributed by atoms with van der Waals surface area (Å²) in [5, 5.41) is 30.8. The highest BCUT2D eigenvalue weighted by molar-refractivity contribution is 5.49. The molecule has 0 spiro atoms. The lowest BCUT2D eigenvalue weighted by Crippen LogP contribution is -2.28. The Balaban J connectivity index is 2.27. The average Bonchev–Trinajstić information content (AvgIpc) is 2.54. The van der Waals surface area contributed by atoms with Gasteiger partial charge in [0.25, 0.3) is 0 Å². The summed E-state index contributed by atoms with van der Waals surface area (Å²) in [6, 6.07) is 3.68. The first-order valence-corrected chi connectivity index (χ1v) is 9.63. The van der Waals surface area contributed by atoms with Crippen molar-refractivity contribution in [1.29, 1.82) is 0 Å². The van der Waals surface area contributed by atoms with Crippen LogP contribution < -0.4 is 0 Å². The van der Waals surface area contributed by atoms with Crippen LogP contribution in [0.2, 0.25) is 0 Å². The number of aliphatic hydroxyl groups is 1. The van der Waals surface area contributed by atoms with Crippen molar-refractivity contribution in [3.05, 3.63) is 23.3 Å². The van der Waals surface area contributed by atoms with Crippen LogP contribution >= 0.6 is 0 Å². The second kappa shape index (κ2) is 8.75. The van der Waals surface area contributed by atoms with Crippen LogP contribution in [0.5, 0.6) is 11.5 Å². The molecule has 1 aromatic rings. The SMILES string of the molecule is CCCCCc1cc(O)c([C@@H]2CC(CO)CC[C@H]2C(C)C)c(O)c1. The van der Waals surface area contributed by atoms with Crippen molar-refractivity contribution in [2.45, 2.75) is 71.6 Å². The number of rotatable bonds is 7. The first kappa shape index (κ1) is 19.1. The van der Waals surface area contributed by atoms with Crippen molar-refractivity contribution in [2.75, 3.05) is 6.61 Å². The van der Waals surface area contributed by atoms with Crippen molar-refractivity contribution in [3.63, 3.8) is 0 Å². The fraction of sp³-hybridized carbons (Fsp3) is 0.714. The number of aryl methyl sites for hydroxylation is 1. The van der Waals surface area contributed by atoms with Crippen LogP contribution in [-0.4, -0.2) is 21.9 Å².